The monoisotopic (exact) mass is 365 g/mol. The number of carbonyl (C=O) groups is 2. The maximum Gasteiger partial charge on any atom is 0.253 e. The first-order valence-electron chi connectivity index (χ1n) is 9.48. The van der Waals surface area contributed by atoms with Gasteiger partial charge in [0, 0.05) is 37.2 Å². The van der Waals surface area contributed by atoms with E-state index in [0.29, 0.717) is 25.3 Å². The van der Waals surface area contributed by atoms with Crippen molar-refractivity contribution in [1.82, 2.24) is 4.90 Å². The van der Waals surface area contributed by atoms with Crippen LogP contribution in [0.2, 0.25) is 0 Å². The Morgan fingerprint density at radius 3 is 2.48 bits per heavy atom. The molecule has 0 aromatic heterocycles. The number of carbonyl (C=O) groups excluding carboxylic acids is 2. The average molecular weight is 365 g/mol. The number of aryl methyl sites for hydroxylation is 2. The van der Waals surface area contributed by atoms with Gasteiger partial charge in [0.1, 0.15) is 0 Å². The second kappa shape index (κ2) is 8.49. The number of nitrogens with zero attached hydrogens (tertiary/aromatic N) is 1. The molecule has 4 heteroatoms. The lowest BCUT2D eigenvalue weighted by molar-refractivity contribution is 0.0650. The highest BCUT2D eigenvalue weighted by Gasteiger charge is 2.29. The van der Waals surface area contributed by atoms with Gasteiger partial charge in [0.05, 0.1) is 6.61 Å². The van der Waals surface area contributed by atoms with Gasteiger partial charge in [0.15, 0.2) is 5.78 Å². The van der Waals surface area contributed by atoms with Crippen LogP contribution >= 0.6 is 0 Å². The highest BCUT2D eigenvalue weighted by Crippen LogP contribution is 2.25. The zero-order chi connectivity index (χ0) is 19.4. The van der Waals surface area contributed by atoms with E-state index in [4.69, 9.17) is 4.74 Å². The molecular weight excluding hydrogens is 338 g/mol. The zero-order valence-electron chi connectivity index (χ0n) is 16.3. The van der Waals surface area contributed by atoms with E-state index in [1.807, 2.05) is 55.1 Å². The van der Waals surface area contributed by atoms with Crippen LogP contribution in [-0.2, 0) is 11.3 Å². The molecule has 3 rings (SSSR count). The molecule has 0 unspecified atom stereocenters. The summed E-state index contributed by atoms with van der Waals surface area (Å²) >= 11 is 0. The summed E-state index contributed by atoms with van der Waals surface area (Å²) in [7, 11) is 1.64. The standard InChI is InChI=1S/C23H27NO3/c1-16-7-8-21(17(2)13-16)22(25)19-9-11-24(12-10-19)23(26)20-6-4-5-18(14-20)15-27-3/h4-8,13-14,19H,9-12,15H2,1-3H3. The molecule has 1 heterocycles. The van der Waals surface area contributed by atoms with Crippen molar-refractivity contribution >= 4 is 11.7 Å². The molecule has 2 aromatic carbocycles. The summed E-state index contributed by atoms with van der Waals surface area (Å²) in [5.41, 5.74) is 4.69. The van der Waals surface area contributed by atoms with Crippen molar-refractivity contribution in [3.05, 3.63) is 70.3 Å². The third kappa shape index (κ3) is 4.45. The number of piperidine rings is 1. The Bertz CT molecular complexity index is 835. The molecule has 1 aliphatic rings. The minimum atomic E-state index is -0.00437. The van der Waals surface area contributed by atoms with E-state index in [9.17, 15) is 9.59 Å². The van der Waals surface area contributed by atoms with Crippen molar-refractivity contribution in [2.75, 3.05) is 20.2 Å². The molecule has 1 fully saturated rings. The minimum Gasteiger partial charge on any atom is -0.380 e. The van der Waals surface area contributed by atoms with Gasteiger partial charge in [-0.25, -0.2) is 0 Å². The molecule has 1 amide bonds. The van der Waals surface area contributed by atoms with Crippen LogP contribution in [-0.4, -0.2) is 36.8 Å². The van der Waals surface area contributed by atoms with Crippen molar-refractivity contribution in [3.63, 3.8) is 0 Å². The summed E-state index contributed by atoms with van der Waals surface area (Å²) in [6.07, 6.45) is 1.44. The Labute approximate surface area is 161 Å². The Morgan fingerprint density at radius 2 is 1.81 bits per heavy atom. The van der Waals surface area contributed by atoms with Gasteiger partial charge in [-0.1, -0.05) is 35.9 Å². The van der Waals surface area contributed by atoms with Gasteiger partial charge >= 0.3 is 0 Å². The van der Waals surface area contributed by atoms with E-state index in [-0.39, 0.29) is 17.6 Å². The predicted molar refractivity (Wildman–Crippen MR) is 106 cm³/mol. The number of amides is 1. The summed E-state index contributed by atoms with van der Waals surface area (Å²) < 4.78 is 5.15. The first-order chi connectivity index (χ1) is 13.0. The summed E-state index contributed by atoms with van der Waals surface area (Å²) in [5.74, 6) is 0.238. The molecule has 0 N–H and O–H groups in total. The second-order valence-electron chi connectivity index (χ2n) is 7.38. The quantitative estimate of drug-likeness (QED) is 0.747. The summed E-state index contributed by atoms with van der Waals surface area (Å²) in [5, 5.41) is 0. The van der Waals surface area contributed by atoms with Crippen molar-refractivity contribution in [1.29, 1.82) is 0 Å². The molecule has 1 saturated heterocycles. The van der Waals surface area contributed by atoms with Gasteiger partial charge in [-0.05, 0) is 49.9 Å². The third-order valence-electron chi connectivity index (χ3n) is 5.29. The van der Waals surface area contributed by atoms with Crippen LogP contribution in [0.3, 0.4) is 0 Å². The smallest absolute Gasteiger partial charge is 0.253 e. The fraction of sp³-hybridized carbons (Fsp3) is 0.391. The normalized spacial score (nSPS) is 15.0. The lowest BCUT2D eigenvalue weighted by Crippen LogP contribution is -2.40. The number of likely N-dealkylation sites (tertiary alicyclic amines) is 1. The first-order valence-corrected chi connectivity index (χ1v) is 9.48. The highest BCUT2D eigenvalue weighted by atomic mass is 16.5. The van der Waals surface area contributed by atoms with Gasteiger partial charge in [0.2, 0.25) is 0 Å². The van der Waals surface area contributed by atoms with E-state index >= 15 is 0 Å². The van der Waals surface area contributed by atoms with Crippen molar-refractivity contribution in [2.24, 2.45) is 5.92 Å². The molecule has 0 spiro atoms. The van der Waals surface area contributed by atoms with Crippen LogP contribution in [0, 0.1) is 19.8 Å². The van der Waals surface area contributed by atoms with E-state index in [0.717, 1.165) is 29.5 Å². The highest BCUT2D eigenvalue weighted by molar-refractivity contribution is 5.99. The lowest BCUT2D eigenvalue weighted by atomic mass is 9.87. The largest absolute Gasteiger partial charge is 0.380 e. The number of rotatable bonds is 5. The van der Waals surface area contributed by atoms with E-state index in [2.05, 4.69) is 6.07 Å². The van der Waals surface area contributed by atoms with E-state index < -0.39 is 0 Å². The molecule has 27 heavy (non-hydrogen) atoms. The van der Waals surface area contributed by atoms with Crippen molar-refractivity contribution in [2.45, 2.75) is 33.3 Å². The fourth-order valence-corrected chi connectivity index (χ4v) is 3.80. The van der Waals surface area contributed by atoms with Crippen LogP contribution < -0.4 is 0 Å². The molecule has 0 bridgehead atoms. The predicted octanol–water partition coefficient (Wildman–Crippen LogP) is 4.18. The van der Waals surface area contributed by atoms with E-state index in [1.54, 1.807) is 7.11 Å². The summed E-state index contributed by atoms with van der Waals surface area (Å²) in [6, 6.07) is 13.6. The minimum absolute atomic E-state index is 0.00437. The molecular formula is C23H27NO3. The number of hydrogen-bond donors (Lipinski definition) is 0. The molecule has 0 radical (unpaired) electrons. The van der Waals surface area contributed by atoms with Crippen LogP contribution in [0.25, 0.3) is 0 Å². The Balaban J connectivity index is 1.63. The molecule has 1 aliphatic heterocycles. The van der Waals surface area contributed by atoms with Crippen LogP contribution in [0.4, 0.5) is 0 Å². The maximum absolute atomic E-state index is 12.9. The number of ether oxygens (including phenoxy) is 1. The van der Waals surface area contributed by atoms with Gasteiger partial charge in [-0.3, -0.25) is 9.59 Å². The molecule has 142 valence electrons. The Morgan fingerprint density at radius 1 is 1.07 bits per heavy atom. The van der Waals surface area contributed by atoms with Crippen LogP contribution in [0.1, 0.15) is 50.2 Å². The van der Waals surface area contributed by atoms with Crippen molar-refractivity contribution < 1.29 is 14.3 Å². The van der Waals surface area contributed by atoms with Crippen LogP contribution in [0.5, 0.6) is 0 Å². The van der Waals surface area contributed by atoms with E-state index in [1.165, 1.54) is 5.56 Å². The van der Waals surface area contributed by atoms with Gasteiger partial charge in [0.25, 0.3) is 5.91 Å². The van der Waals surface area contributed by atoms with Crippen LogP contribution in [0.15, 0.2) is 42.5 Å². The lowest BCUT2D eigenvalue weighted by Gasteiger charge is -2.31. The number of Topliss-reactive ketones (excluding diaryl/α,β-unsaturated/α-hetero) is 1. The van der Waals surface area contributed by atoms with Gasteiger partial charge in [-0.2, -0.15) is 0 Å². The zero-order valence-corrected chi connectivity index (χ0v) is 16.3. The summed E-state index contributed by atoms with van der Waals surface area (Å²) in [6.45, 7) is 5.76. The molecule has 0 saturated carbocycles. The second-order valence-corrected chi connectivity index (χ2v) is 7.38. The Kier molecular flexibility index (Phi) is 6.07. The molecule has 0 atom stereocenters. The summed E-state index contributed by atoms with van der Waals surface area (Å²) in [4.78, 5) is 27.5. The molecule has 0 aliphatic carbocycles. The third-order valence-corrected chi connectivity index (χ3v) is 5.29. The Hall–Kier alpha value is -2.46. The van der Waals surface area contributed by atoms with Gasteiger partial charge < -0.3 is 9.64 Å². The molecule has 2 aromatic rings. The first kappa shape index (κ1) is 19.3. The van der Waals surface area contributed by atoms with Crippen molar-refractivity contribution in [3.8, 4) is 0 Å². The molecule has 4 nitrogen and oxygen atoms in total. The number of ketones is 1. The van der Waals surface area contributed by atoms with Gasteiger partial charge in [-0.15, -0.1) is 0 Å². The SMILES string of the molecule is COCc1cccc(C(=O)N2CCC(C(=O)c3ccc(C)cc3C)CC2)c1. The average Bonchev–Trinajstić information content (AvgIpc) is 2.67. The topological polar surface area (TPSA) is 46.6 Å². The maximum atomic E-state index is 12.9. The fourth-order valence-electron chi connectivity index (χ4n) is 3.80. The number of hydrogen-bond acceptors (Lipinski definition) is 3. The number of benzene rings is 2. The number of methoxy groups -OCH3 is 1.